The molecular weight excluding hydrogens is 269 g/mol. The number of hydrogen-bond donors (Lipinski definition) is 1. The van der Waals surface area contributed by atoms with E-state index in [1.165, 1.54) is 6.08 Å². The molecule has 0 radical (unpaired) electrons. The average molecular weight is 278 g/mol. The quantitative estimate of drug-likeness (QED) is 0.902. The minimum absolute atomic E-state index is 0.0562. The number of rotatable bonds is 2. The fourth-order valence-electron chi connectivity index (χ4n) is 1.77. The topological polar surface area (TPSA) is 54.4 Å². The van der Waals surface area contributed by atoms with Gasteiger partial charge in [-0.05, 0) is 23.8 Å². The van der Waals surface area contributed by atoms with Gasteiger partial charge in [0, 0.05) is 13.0 Å². The van der Waals surface area contributed by atoms with E-state index in [1.54, 1.807) is 0 Å². The van der Waals surface area contributed by atoms with Crippen LogP contribution < -0.4 is 0 Å². The number of sulfone groups is 1. The van der Waals surface area contributed by atoms with Crippen molar-refractivity contribution < 1.29 is 26.7 Å². The molecule has 1 aliphatic heterocycles. The molecule has 98 valence electrons. The molecule has 18 heavy (non-hydrogen) atoms. The molecule has 0 aromatic heterocycles. The van der Waals surface area contributed by atoms with Crippen molar-refractivity contribution in [2.45, 2.75) is 17.5 Å². The van der Waals surface area contributed by atoms with Gasteiger partial charge in [-0.15, -0.1) is 0 Å². The van der Waals surface area contributed by atoms with Gasteiger partial charge in [0.2, 0.25) is 9.84 Å². The first-order chi connectivity index (χ1) is 8.26. The predicted molar refractivity (Wildman–Crippen MR) is 58.3 cm³/mol. The van der Waals surface area contributed by atoms with E-state index in [0.717, 1.165) is 12.1 Å². The third-order valence-electron chi connectivity index (χ3n) is 2.65. The van der Waals surface area contributed by atoms with E-state index in [-0.39, 0.29) is 28.4 Å². The Morgan fingerprint density at radius 3 is 2.44 bits per heavy atom. The van der Waals surface area contributed by atoms with Gasteiger partial charge in [-0.3, -0.25) is 0 Å². The molecule has 0 fully saturated rings. The third kappa shape index (κ3) is 2.04. The highest BCUT2D eigenvalue weighted by Crippen LogP contribution is 2.38. The molecular formula is C11H9F3O3S. The van der Waals surface area contributed by atoms with Crippen molar-refractivity contribution in [3.05, 3.63) is 34.2 Å². The van der Waals surface area contributed by atoms with Crippen LogP contribution in [-0.2, 0) is 16.0 Å². The van der Waals surface area contributed by atoms with Crippen molar-refractivity contribution in [3.63, 3.8) is 0 Å². The molecule has 0 unspecified atom stereocenters. The van der Waals surface area contributed by atoms with Gasteiger partial charge in [-0.1, -0.05) is 6.07 Å². The molecule has 0 saturated carbocycles. The van der Waals surface area contributed by atoms with Gasteiger partial charge >= 0.3 is 6.18 Å². The van der Waals surface area contributed by atoms with Crippen LogP contribution in [0, 0.1) is 0 Å². The molecule has 0 spiro atoms. The second-order valence-corrected chi connectivity index (χ2v) is 5.81. The summed E-state index contributed by atoms with van der Waals surface area (Å²) < 4.78 is 61.3. The normalized spacial score (nSPS) is 17.4. The molecule has 0 amide bonds. The molecule has 1 heterocycles. The lowest BCUT2D eigenvalue weighted by molar-refractivity contribution is -0.137. The summed E-state index contributed by atoms with van der Waals surface area (Å²) in [6, 6.07) is 2.60. The minimum atomic E-state index is -4.58. The van der Waals surface area contributed by atoms with Crippen LogP contribution in [0.15, 0.2) is 28.0 Å². The molecule has 0 aliphatic carbocycles. The van der Waals surface area contributed by atoms with Crippen LogP contribution in [-0.4, -0.2) is 20.1 Å². The Kier molecular flexibility index (Phi) is 2.98. The van der Waals surface area contributed by atoms with Gasteiger partial charge in [0.25, 0.3) is 0 Å². The monoisotopic (exact) mass is 278 g/mol. The largest absolute Gasteiger partial charge is 0.416 e. The second kappa shape index (κ2) is 4.10. The van der Waals surface area contributed by atoms with E-state index in [4.69, 9.17) is 5.11 Å². The summed E-state index contributed by atoms with van der Waals surface area (Å²) in [6.07, 6.45) is -3.39. The van der Waals surface area contributed by atoms with Crippen molar-refractivity contribution in [3.8, 4) is 0 Å². The number of aliphatic hydroxyl groups is 1. The lowest BCUT2D eigenvalue weighted by atomic mass is 10.1. The Balaban J connectivity index is 2.55. The van der Waals surface area contributed by atoms with E-state index in [2.05, 4.69) is 0 Å². The van der Waals surface area contributed by atoms with E-state index < -0.39 is 21.6 Å². The molecule has 3 nitrogen and oxygen atoms in total. The first kappa shape index (κ1) is 13.1. The summed E-state index contributed by atoms with van der Waals surface area (Å²) in [7, 11) is -3.89. The van der Waals surface area contributed by atoms with Crippen LogP contribution in [0.1, 0.15) is 17.5 Å². The van der Waals surface area contributed by atoms with E-state index in [1.807, 2.05) is 0 Å². The maximum atomic E-state index is 12.5. The van der Waals surface area contributed by atoms with Gasteiger partial charge in [-0.2, -0.15) is 13.2 Å². The molecule has 0 saturated heterocycles. The Labute approximate surface area is 101 Å². The Morgan fingerprint density at radius 1 is 1.22 bits per heavy atom. The van der Waals surface area contributed by atoms with Crippen molar-refractivity contribution in [1.29, 1.82) is 0 Å². The Hall–Kier alpha value is -1.34. The molecule has 2 rings (SSSR count). The highest BCUT2D eigenvalue weighted by atomic mass is 32.2. The summed E-state index contributed by atoms with van der Waals surface area (Å²) >= 11 is 0. The lowest BCUT2D eigenvalue weighted by Crippen LogP contribution is -2.08. The maximum Gasteiger partial charge on any atom is 0.416 e. The standard InChI is InChI=1S/C11H9F3O3S/c12-11(13,14)8-2-1-7-5-9(3-4-15)18(16,17)10(7)6-8/h1-2,5-6,15H,3-4H2. The van der Waals surface area contributed by atoms with Crippen molar-refractivity contribution in [2.75, 3.05) is 6.61 Å². The van der Waals surface area contributed by atoms with Gasteiger partial charge in [0.15, 0.2) is 0 Å². The zero-order valence-electron chi connectivity index (χ0n) is 9.03. The second-order valence-electron chi connectivity index (χ2n) is 3.84. The van der Waals surface area contributed by atoms with Crippen molar-refractivity contribution in [2.24, 2.45) is 0 Å². The number of alkyl halides is 3. The molecule has 1 aromatic carbocycles. The molecule has 1 aliphatic rings. The molecule has 1 aromatic rings. The summed E-state index contributed by atoms with van der Waals surface area (Å²) in [6.45, 7) is -0.370. The zero-order chi connectivity index (χ0) is 13.6. The highest BCUT2D eigenvalue weighted by Gasteiger charge is 2.35. The third-order valence-corrected chi connectivity index (χ3v) is 4.60. The highest BCUT2D eigenvalue weighted by molar-refractivity contribution is 7.95. The molecule has 7 heteroatoms. The van der Waals surface area contributed by atoms with E-state index in [9.17, 15) is 21.6 Å². The van der Waals surface area contributed by atoms with Gasteiger partial charge in [0.05, 0.1) is 15.4 Å². The van der Waals surface area contributed by atoms with Crippen LogP contribution in [0.4, 0.5) is 13.2 Å². The summed E-state index contributed by atoms with van der Waals surface area (Å²) in [4.78, 5) is -0.403. The fraction of sp³-hybridized carbons (Fsp3) is 0.273. The van der Waals surface area contributed by atoms with E-state index in [0.29, 0.717) is 6.07 Å². The number of benzene rings is 1. The summed E-state index contributed by atoms with van der Waals surface area (Å²) in [5.41, 5.74) is -0.769. The Morgan fingerprint density at radius 2 is 1.89 bits per heavy atom. The molecule has 0 atom stereocenters. The van der Waals surface area contributed by atoms with Crippen LogP contribution in [0.25, 0.3) is 6.08 Å². The number of halogens is 3. The first-order valence-corrected chi connectivity index (χ1v) is 6.53. The minimum Gasteiger partial charge on any atom is -0.396 e. The zero-order valence-corrected chi connectivity index (χ0v) is 9.85. The summed E-state index contributed by atoms with van der Waals surface area (Å²) in [5.74, 6) is 0. The number of aliphatic hydroxyl groups excluding tert-OH is 1. The maximum absolute atomic E-state index is 12.5. The van der Waals surface area contributed by atoms with Crippen LogP contribution >= 0.6 is 0 Å². The lowest BCUT2D eigenvalue weighted by Gasteiger charge is -2.08. The molecule has 0 bridgehead atoms. The van der Waals surface area contributed by atoms with Crippen molar-refractivity contribution >= 4 is 15.9 Å². The number of hydrogen-bond acceptors (Lipinski definition) is 3. The van der Waals surface area contributed by atoms with Crippen LogP contribution in [0.5, 0.6) is 0 Å². The smallest absolute Gasteiger partial charge is 0.396 e. The first-order valence-electron chi connectivity index (χ1n) is 5.04. The van der Waals surface area contributed by atoms with Gasteiger partial charge in [-0.25, -0.2) is 8.42 Å². The van der Waals surface area contributed by atoms with Crippen LogP contribution in [0.3, 0.4) is 0 Å². The predicted octanol–water partition coefficient (Wildman–Crippen LogP) is 2.22. The summed E-state index contributed by atoms with van der Waals surface area (Å²) in [5, 5.41) is 8.74. The Bertz CT molecular complexity index is 615. The van der Waals surface area contributed by atoms with Gasteiger partial charge in [0.1, 0.15) is 0 Å². The van der Waals surface area contributed by atoms with Crippen molar-refractivity contribution in [1.82, 2.24) is 0 Å². The molecule has 1 N–H and O–H groups in total. The van der Waals surface area contributed by atoms with E-state index >= 15 is 0 Å². The number of fused-ring (bicyclic) bond motifs is 1. The van der Waals surface area contributed by atoms with Crippen LogP contribution in [0.2, 0.25) is 0 Å². The van der Waals surface area contributed by atoms with Gasteiger partial charge < -0.3 is 5.11 Å². The average Bonchev–Trinajstić information content (AvgIpc) is 2.50. The fourth-order valence-corrected chi connectivity index (χ4v) is 3.42. The SMILES string of the molecule is O=S1(=O)C(CCO)=Cc2ccc(C(F)(F)F)cc21.